The fourth-order valence-electron chi connectivity index (χ4n) is 3.75. The van der Waals surface area contributed by atoms with E-state index in [9.17, 15) is 9.59 Å². The van der Waals surface area contributed by atoms with Gasteiger partial charge in [-0.15, -0.1) is 24.2 Å². The van der Waals surface area contributed by atoms with Gasteiger partial charge in [-0.2, -0.15) is 0 Å². The van der Waals surface area contributed by atoms with Crippen LogP contribution in [0.1, 0.15) is 12.5 Å². The Kier molecular flexibility index (Phi) is 7.66. The second-order valence-electron chi connectivity index (χ2n) is 7.64. The molecular formula is C24H27ClN4O2S. The van der Waals surface area contributed by atoms with Crippen molar-refractivity contribution in [3.8, 4) is 0 Å². The largest absolute Gasteiger partial charge is 0.398 e. The van der Waals surface area contributed by atoms with Crippen LogP contribution in [0, 0.1) is 0 Å². The number of benzene rings is 3. The highest BCUT2D eigenvalue weighted by Crippen LogP contribution is 2.39. The molecule has 3 aromatic carbocycles. The number of anilines is 2. The van der Waals surface area contributed by atoms with Crippen LogP contribution in [0.4, 0.5) is 11.4 Å². The number of nitrogens with two attached hydrogens (primary N) is 1. The molecule has 3 aromatic rings. The second-order valence-corrected chi connectivity index (χ2v) is 8.67. The predicted octanol–water partition coefficient (Wildman–Crippen LogP) is 3.58. The van der Waals surface area contributed by atoms with Crippen molar-refractivity contribution in [3.63, 3.8) is 0 Å². The summed E-state index contributed by atoms with van der Waals surface area (Å²) in [4.78, 5) is 28.8. The van der Waals surface area contributed by atoms with Gasteiger partial charge in [0.15, 0.2) is 0 Å². The van der Waals surface area contributed by atoms with Gasteiger partial charge in [0.05, 0.1) is 23.2 Å². The molecule has 8 heteroatoms. The van der Waals surface area contributed by atoms with Crippen molar-refractivity contribution in [2.45, 2.75) is 30.4 Å². The van der Waals surface area contributed by atoms with E-state index >= 15 is 0 Å². The Balaban J connectivity index is 0.00000289. The van der Waals surface area contributed by atoms with Gasteiger partial charge in [-0.25, -0.2) is 0 Å². The van der Waals surface area contributed by atoms with Crippen LogP contribution < -0.4 is 21.3 Å². The minimum atomic E-state index is -0.643. The van der Waals surface area contributed by atoms with Crippen molar-refractivity contribution in [1.29, 1.82) is 0 Å². The van der Waals surface area contributed by atoms with Crippen molar-refractivity contribution in [2.24, 2.45) is 0 Å². The molecule has 168 valence electrons. The molecule has 6 nitrogen and oxygen atoms in total. The summed E-state index contributed by atoms with van der Waals surface area (Å²) in [7, 11) is 1.72. The van der Waals surface area contributed by atoms with Crippen molar-refractivity contribution in [1.82, 2.24) is 10.6 Å². The highest BCUT2D eigenvalue weighted by Gasteiger charge is 2.33. The number of hydrogen-bond acceptors (Lipinski definition) is 5. The molecule has 0 spiro atoms. The lowest BCUT2D eigenvalue weighted by atomic mass is 10.0. The second kappa shape index (κ2) is 10.3. The number of halogens is 1. The van der Waals surface area contributed by atoms with Gasteiger partial charge < -0.3 is 21.3 Å². The van der Waals surface area contributed by atoms with Gasteiger partial charge in [0.1, 0.15) is 6.04 Å². The molecule has 1 aliphatic heterocycles. The van der Waals surface area contributed by atoms with Gasteiger partial charge >= 0.3 is 0 Å². The molecule has 0 saturated carbocycles. The van der Waals surface area contributed by atoms with E-state index in [4.69, 9.17) is 5.73 Å². The zero-order chi connectivity index (χ0) is 22.0. The van der Waals surface area contributed by atoms with Crippen LogP contribution in [-0.2, 0) is 16.1 Å². The summed E-state index contributed by atoms with van der Waals surface area (Å²) in [6.07, 6.45) is 0. The first-order chi connectivity index (χ1) is 15.0. The van der Waals surface area contributed by atoms with E-state index in [1.165, 1.54) is 11.8 Å². The number of fused-ring (bicyclic) bond motifs is 2. The van der Waals surface area contributed by atoms with Crippen LogP contribution in [0.5, 0.6) is 0 Å². The maximum Gasteiger partial charge on any atom is 0.250 e. The maximum absolute atomic E-state index is 13.6. The molecule has 0 bridgehead atoms. The highest BCUT2D eigenvalue weighted by atomic mass is 35.5. The molecule has 0 aliphatic carbocycles. The van der Waals surface area contributed by atoms with Crippen LogP contribution >= 0.6 is 24.2 Å². The Hall–Kier alpha value is -2.74. The Morgan fingerprint density at radius 2 is 1.88 bits per heavy atom. The molecule has 2 unspecified atom stereocenters. The summed E-state index contributed by atoms with van der Waals surface area (Å²) in [6, 6.07) is 18.8. The molecule has 0 fully saturated rings. The standard InChI is InChI=1S/C24H26N4O2S.ClH/c1-15(26-2)23(29)27-20-14-31-22-19(25)11-6-12-21(22)28(24(20)30)13-17-9-5-8-16-7-3-4-10-18(16)17;/h3-12,15,20,26H,13-14,25H2,1-2H3,(H,27,29);1H. The normalized spacial score (nSPS) is 16.6. The first-order valence-electron chi connectivity index (χ1n) is 10.3. The summed E-state index contributed by atoms with van der Waals surface area (Å²) in [5.74, 6) is 0.0841. The molecule has 2 amide bonds. The van der Waals surface area contributed by atoms with Gasteiger partial charge in [0.25, 0.3) is 5.91 Å². The summed E-state index contributed by atoms with van der Waals surface area (Å²) in [6.45, 7) is 2.16. The van der Waals surface area contributed by atoms with Crippen LogP contribution in [0.3, 0.4) is 0 Å². The Bertz CT molecular complexity index is 1130. The van der Waals surface area contributed by atoms with E-state index in [1.54, 1.807) is 18.9 Å². The van der Waals surface area contributed by atoms with Crippen LogP contribution in [0.25, 0.3) is 10.8 Å². The number of thioether (sulfide) groups is 1. The number of carbonyl (C=O) groups excluding carboxylic acids is 2. The van der Waals surface area contributed by atoms with Crippen LogP contribution in [0.2, 0.25) is 0 Å². The van der Waals surface area contributed by atoms with Crippen molar-refractivity contribution in [2.75, 3.05) is 23.4 Å². The third-order valence-corrected chi connectivity index (χ3v) is 6.86. The summed E-state index contributed by atoms with van der Waals surface area (Å²) in [5, 5.41) is 8.05. The fraction of sp³-hybridized carbons (Fsp3) is 0.250. The van der Waals surface area contributed by atoms with E-state index in [1.807, 2.05) is 42.5 Å². The first kappa shape index (κ1) is 23.9. The smallest absolute Gasteiger partial charge is 0.250 e. The molecule has 4 rings (SSSR count). The van der Waals surface area contributed by atoms with Gasteiger partial charge in [-0.3, -0.25) is 9.59 Å². The number of rotatable bonds is 5. The van der Waals surface area contributed by atoms with Crippen LogP contribution in [0.15, 0.2) is 65.6 Å². The van der Waals surface area contributed by atoms with Gasteiger partial charge in [0, 0.05) is 11.4 Å². The SMILES string of the molecule is CNC(C)C(=O)NC1CSc2c(N)cccc2N(Cc2cccc3ccccc23)C1=O.Cl. The lowest BCUT2D eigenvalue weighted by Crippen LogP contribution is -2.53. The highest BCUT2D eigenvalue weighted by molar-refractivity contribution is 7.99. The van der Waals surface area contributed by atoms with E-state index in [2.05, 4.69) is 28.8 Å². The third-order valence-electron chi connectivity index (χ3n) is 5.63. The monoisotopic (exact) mass is 470 g/mol. The zero-order valence-electron chi connectivity index (χ0n) is 18.0. The number of nitrogens with zero attached hydrogens (tertiary/aromatic N) is 1. The van der Waals surface area contributed by atoms with Gasteiger partial charge in [0.2, 0.25) is 5.91 Å². The maximum atomic E-state index is 13.6. The molecule has 4 N–H and O–H groups in total. The first-order valence-corrected chi connectivity index (χ1v) is 11.2. The fourth-order valence-corrected chi connectivity index (χ4v) is 4.87. The minimum absolute atomic E-state index is 0. The van der Waals surface area contributed by atoms with E-state index in [0.717, 1.165) is 26.9 Å². The van der Waals surface area contributed by atoms with E-state index < -0.39 is 6.04 Å². The van der Waals surface area contributed by atoms with E-state index in [0.29, 0.717) is 18.0 Å². The number of hydrogen-bond donors (Lipinski definition) is 3. The average Bonchev–Trinajstić information content (AvgIpc) is 2.91. The Morgan fingerprint density at radius 3 is 2.66 bits per heavy atom. The molecule has 2 atom stereocenters. The van der Waals surface area contributed by atoms with E-state index in [-0.39, 0.29) is 30.3 Å². The number of nitrogens with one attached hydrogen (secondary N) is 2. The third kappa shape index (κ3) is 4.70. The molecule has 1 heterocycles. The molecular weight excluding hydrogens is 444 g/mol. The molecule has 1 aliphatic rings. The molecule has 0 radical (unpaired) electrons. The lowest BCUT2D eigenvalue weighted by Gasteiger charge is -2.27. The number of carbonyl (C=O) groups is 2. The quantitative estimate of drug-likeness (QED) is 0.496. The van der Waals surface area contributed by atoms with Crippen LogP contribution in [-0.4, -0.2) is 36.7 Å². The van der Waals surface area contributed by atoms with Gasteiger partial charge in [-0.1, -0.05) is 48.5 Å². The molecule has 32 heavy (non-hydrogen) atoms. The number of nitrogen functional groups attached to an aromatic ring is 1. The topological polar surface area (TPSA) is 87.5 Å². The Morgan fingerprint density at radius 1 is 1.16 bits per heavy atom. The average molecular weight is 471 g/mol. The number of amides is 2. The molecule has 0 saturated heterocycles. The van der Waals surface area contributed by atoms with Crippen molar-refractivity contribution in [3.05, 3.63) is 66.2 Å². The predicted molar refractivity (Wildman–Crippen MR) is 134 cm³/mol. The summed E-state index contributed by atoms with van der Waals surface area (Å²) >= 11 is 1.50. The number of likely N-dealkylation sites (N-methyl/N-ethyl adjacent to an activating group) is 1. The summed E-state index contributed by atoms with van der Waals surface area (Å²) < 4.78 is 0. The minimum Gasteiger partial charge on any atom is -0.398 e. The van der Waals surface area contributed by atoms with Crippen molar-refractivity contribution < 1.29 is 9.59 Å². The summed E-state index contributed by atoms with van der Waals surface area (Å²) in [5.41, 5.74) is 8.72. The van der Waals surface area contributed by atoms with Gasteiger partial charge in [-0.05, 0) is 42.4 Å². The zero-order valence-corrected chi connectivity index (χ0v) is 19.6. The lowest BCUT2D eigenvalue weighted by molar-refractivity contribution is -0.128. The van der Waals surface area contributed by atoms with Crippen molar-refractivity contribution >= 4 is 58.1 Å². The molecule has 0 aromatic heterocycles. The Labute approximate surface area is 198 Å².